The zero-order valence-electron chi connectivity index (χ0n) is 14.8. The van der Waals surface area contributed by atoms with Gasteiger partial charge in [0.2, 0.25) is 0 Å². The van der Waals surface area contributed by atoms with Crippen molar-refractivity contribution in [3.63, 3.8) is 0 Å². The predicted molar refractivity (Wildman–Crippen MR) is 95.1 cm³/mol. The highest BCUT2D eigenvalue weighted by Gasteiger charge is 2.21. The Balaban J connectivity index is 2.09. The maximum absolute atomic E-state index is 12.0. The number of aliphatic hydroxyl groups is 1. The Kier molecular flexibility index (Phi) is 5.62. The van der Waals surface area contributed by atoms with Gasteiger partial charge in [0.1, 0.15) is 0 Å². The number of rotatable bonds is 6. The molecule has 0 unspecified atom stereocenters. The first-order valence-electron chi connectivity index (χ1n) is 8.07. The lowest BCUT2D eigenvalue weighted by Gasteiger charge is -2.18. The second-order valence-corrected chi connectivity index (χ2v) is 6.84. The zero-order chi connectivity index (χ0) is 17.7. The lowest BCUT2D eigenvalue weighted by molar-refractivity contribution is 0.0945. The fraction of sp³-hybridized carbons (Fsp3) is 0.444. The largest absolute Gasteiger partial charge is 0.395 e. The lowest BCUT2D eigenvalue weighted by atomic mass is 9.89. The Morgan fingerprint density at radius 3 is 2.75 bits per heavy atom. The number of carbonyl (C=O) groups is 1. The van der Waals surface area contributed by atoms with Crippen molar-refractivity contribution in [3.8, 4) is 0 Å². The highest BCUT2D eigenvalue weighted by Crippen LogP contribution is 2.25. The zero-order valence-corrected chi connectivity index (χ0v) is 14.8. The van der Waals surface area contributed by atoms with Crippen LogP contribution in [0, 0.1) is 0 Å². The molecular formula is C18H26N4O2. The molecule has 0 radical (unpaired) electrons. The summed E-state index contributed by atoms with van der Waals surface area (Å²) >= 11 is 0. The smallest absolute Gasteiger partial charge is 0.251 e. The number of aromatic nitrogens is 2. The van der Waals surface area contributed by atoms with Crippen LogP contribution in [0.3, 0.4) is 0 Å². The number of aryl methyl sites for hydroxylation is 1. The van der Waals surface area contributed by atoms with E-state index >= 15 is 0 Å². The Bertz CT molecular complexity index is 701. The first-order valence-corrected chi connectivity index (χ1v) is 8.07. The van der Waals surface area contributed by atoms with Gasteiger partial charge in [0, 0.05) is 48.6 Å². The molecule has 0 atom stereocenters. The first-order chi connectivity index (χ1) is 11.3. The molecule has 1 aromatic heterocycles. The normalized spacial score (nSPS) is 11.4. The Morgan fingerprint density at radius 2 is 2.08 bits per heavy atom. The van der Waals surface area contributed by atoms with Crippen molar-refractivity contribution in [2.75, 3.05) is 18.5 Å². The number of aliphatic hydroxyl groups excluding tert-OH is 1. The molecule has 0 fully saturated rings. The molecule has 6 heteroatoms. The summed E-state index contributed by atoms with van der Waals surface area (Å²) in [7, 11) is 1.92. The Morgan fingerprint density at radius 1 is 1.33 bits per heavy atom. The highest BCUT2D eigenvalue weighted by molar-refractivity contribution is 5.95. The first kappa shape index (κ1) is 18.0. The minimum absolute atomic E-state index is 0.0235. The van der Waals surface area contributed by atoms with E-state index in [9.17, 15) is 4.79 Å². The van der Waals surface area contributed by atoms with Crippen LogP contribution in [-0.4, -0.2) is 33.9 Å². The lowest BCUT2D eigenvalue weighted by Crippen LogP contribution is -2.26. The van der Waals surface area contributed by atoms with Crippen molar-refractivity contribution in [1.82, 2.24) is 15.1 Å². The van der Waals surface area contributed by atoms with Crippen molar-refractivity contribution >= 4 is 11.6 Å². The minimum Gasteiger partial charge on any atom is -0.395 e. The molecule has 6 nitrogen and oxygen atoms in total. The van der Waals surface area contributed by atoms with E-state index in [-0.39, 0.29) is 24.5 Å². The third-order valence-electron chi connectivity index (χ3n) is 3.62. The summed E-state index contributed by atoms with van der Waals surface area (Å²) < 4.78 is 1.83. The van der Waals surface area contributed by atoms with Gasteiger partial charge in [0.05, 0.1) is 12.3 Å². The van der Waals surface area contributed by atoms with E-state index in [0.717, 1.165) is 16.9 Å². The molecule has 2 rings (SSSR count). The number of benzene rings is 1. The number of amides is 1. The van der Waals surface area contributed by atoms with E-state index in [0.29, 0.717) is 12.1 Å². The van der Waals surface area contributed by atoms with Crippen LogP contribution in [0.5, 0.6) is 0 Å². The molecule has 0 aliphatic carbocycles. The Labute approximate surface area is 142 Å². The molecule has 0 spiro atoms. The summed E-state index contributed by atoms with van der Waals surface area (Å²) in [6.45, 7) is 7.25. The van der Waals surface area contributed by atoms with Crippen molar-refractivity contribution < 1.29 is 9.90 Å². The van der Waals surface area contributed by atoms with Gasteiger partial charge in [-0.1, -0.05) is 26.8 Å². The van der Waals surface area contributed by atoms with Gasteiger partial charge < -0.3 is 15.7 Å². The minimum atomic E-state index is -0.190. The summed E-state index contributed by atoms with van der Waals surface area (Å²) in [5.41, 5.74) is 3.62. The van der Waals surface area contributed by atoms with Gasteiger partial charge in [-0.2, -0.15) is 5.10 Å². The van der Waals surface area contributed by atoms with Crippen LogP contribution in [0.1, 0.15) is 42.4 Å². The van der Waals surface area contributed by atoms with Gasteiger partial charge in [-0.05, 0) is 18.2 Å². The van der Waals surface area contributed by atoms with Crippen molar-refractivity contribution in [2.45, 2.75) is 32.7 Å². The van der Waals surface area contributed by atoms with Gasteiger partial charge in [0.15, 0.2) is 0 Å². The fourth-order valence-electron chi connectivity index (χ4n) is 2.54. The van der Waals surface area contributed by atoms with Crippen molar-refractivity contribution in [2.24, 2.45) is 7.05 Å². The van der Waals surface area contributed by atoms with E-state index in [1.807, 2.05) is 30.1 Å². The molecule has 1 amide bonds. The molecule has 0 saturated carbocycles. The summed E-state index contributed by atoms with van der Waals surface area (Å²) in [5.74, 6) is -0.190. The maximum Gasteiger partial charge on any atom is 0.251 e. The highest BCUT2D eigenvalue weighted by atomic mass is 16.3. The van der Waals surface area contributed by atoms with Crippen LogP contribution in [0.15, 0.2) is 30.5 Å². The summed E-state index contributed by atoms with van der Waals surface area (Å²) in [4.78, 5) is 12.0. The van der Waals surface area contributed by atoms with Gasteiger partial charge in [-0.3, -0.25) is 9.48 Å². The number of anilines is 1. The molecule has 1 heterocycles. The number of carbonyl (C=O) groups excluding carboxylic acids is 1. The average molecular weight is 330 g/mol. The second kappa shape index (κ2) is 7.49. The number of hydrogen-bond acceptors (Lipinski definition) is 4. The SMILES string of the molecule is Cn1cc(CNc2cccc(C(=O)NCCO)c2)c(C(C)(C)C)n1. The van der Waals surface area contributed by atoms with Gasteiger partial charge >= 0.3 is 0 Å². The molecule has 0 aliphatic rings. The molecule has 24 heavy (non-hydrogen) atoms. The molecule has 0 saturated heterocycles. The van der Waals surface area contributed by atoms with E-state index in [1.165, 1.54) is 0 Å². The standard InChI is InChI=1S/C18H26N4O2/c1-18(2,3)16-14(12-22(4)21-16)11-20-15-7-5-6-13(10-15)17(24)19-8-9-23/h5-7,10,12,20,23H,8-9,11H2,1-4H3,(H,19,24). The molecular weight excluding hydrogens is 304 g/mol. The predicted octanol–water partition coefficient (Wildman–Crippen LogP) is 2.05. The second-order valence-electron chi connectivity index (χ2n) is 6.84. The maximum atomic E-state index is 12.0. The van der Waals surface area contributed by atoms with Crippen molar-refractivity contribution in [1.29, 1.82) is 0 Å². The average Bonchev–Trinajstić information content (AvgIpc) is 2.92. The monoisotopic (exact) mass is 330 g/mol. The number of nitrogens with zero attached hydrogens (tertiary/aromatic N) is 2. The molecule has 1 aromatic carbocycles. The van der Waals surface area contributed by atoms with Gasteiger partial charge in [-0.25, -0.2) is 0 Å². The van der Waals surface area contributed by atoms with Crippen LogP contribution in [0.25, 0.3) is 0 Å². The summed E-state index contributed by atoms with van der Waals surface area (Å²) in [5, 5.41) is 19.4. The number of hydrogen-bond donors (Lipinski definition) is 3. The topological polar surface area (TPSA) is 79.2 Å². The van der Waals surface area contributed by atoms with Crippen LogP contribution in [0.4, 0.5) is 5.69 Å². The third kappa shape index (κ3) is 4.58. The van der Waals surface area contributed by atoms with Crippen molar-refractivity contribution in [3.05, 3.63) is 47.3 Å². The van der Waals surface area contributed by atoms with Gasteiger partial charge in [0.25, 0.3) is 5.91 Å². The fourth-order valence-corrected chi connectivity index (χ4v) is 2.54. The van der Waals surface area contributed by atoms with E-state index in [2.05, 4.69) is 36.5 Å². The van der Waals surface area contributed by atoms with E-state index in [1.54, 1.807) is 12.1 Å². The third-order valence-corrected chi connectivity index (χ3v) is 3.62. The van der Waals surface area contributed by atoms with Crippen LogP contribution >= 0.6 is 0 Å². The Hall–Kier alpha value is -2.34. The molecule has 0 bridgehead atoms. The summed E-state index contributed by atoms with van der Waals surface area (Å²) in [6, 6.07) is 7.32. The molecule has 3 N–H and O–H groups in total. The molecule has 130 valence electrons. The van der Waals surface area contributed by atoms with E-state index < -0.39 is 0 Å². The van der Waals surface area contributed by atoms with Crippen LogP contribution in [-0.2, 0) is 19.0 Å². The van der Waals surface area contributed by atoms with Crippen LogP contribution in [0.2, 0.25) is 0 Å². The quantitative estimate of drug-likeness (QED) is 0.757. The van der Waals surface area contributed by atoms with E-state index in [4.69, 9.17) is 5.11 Å². The number of nitrogens with one attached hydrogen (secondary N) is 2. The summed E-state index contributed by atoms with van der Waals surface area (Å²) in [6.07, 6.45) is 2.02. The van der Waals surface area contributed by atoms with Gasteiger partial charge in [-0.15, -0.1) is 0 Å². The van der Waals surface area contributed by atoms with Crippen LogP contribution < -0.4 is 10.6 Å². The molecule has 0 aliphatic heterocycles. The molecule has 2 aromatic rings.